The summed E-state index contributed by atoms with van der Waals surface area (Å²) in [5.41, 5.74) is 0. The van der Waals surface area contributed by atoms with Crippen molar-refractivity contribution in [2.75, 3.05) is 0 Å². The molecule has 0 spiro atoms. The van der Waals surface area contributed by atoms with Crippen molar-refractivity contribution >= 4 is 5.91 Å². The van der Waals surface area contributed by atoms with Crippen LogP contribution in [0.2, 0.25) is 0 Å². The van der Waals surface area contributed by atoms with E-state index in [0.717, 1.165) is 23.7 Å². The van der Waals surface area contributed by atoms with Crippen LogP contribution < -0.4 is 5.32 Å². The van der Waals surface area contributed by atoms with E-state index in [-0.39, 0.29) is 5.91 Å². The first-order valence-corrected chi connectivity index (χ1v) is 5.51. The third kappa shape index (κ3) is 1.04. The Hall–Kier alpha value is -0.530. The fraction of sp³-hybridized carbons (Fsp3) is 0.909. The summed E-state index contributed by atoms with van der Waals surface area (Å²) >= 11 is 0. The summed E-state index contributed by atoms with van der Waals surface area (Å²) in [6, 6.07) is 0.543. The highest BCUT2D eigenvalue weighted by Crippen LogP contribution is 2.57. The second kappa shape index (κ2) is 2.49. The zero-order chi connectivity index (χ0) is 9.00. The Labute approximate surface area is 79.1 Å². The van der Waals surface area contributed by atoms with Crippen molar-refractivity contribution in [3.8, 4) is 0 Å². The number of hydrogen-bond acceptors (Lipinski definition) is 1. The Bertz CT molecular complexity index is 246. The van der Waals surface area contributed by atoms with Gasteiger partial charge in [0.05, 0.1) is 0 Å². The molecular weight excluding hydrogens is 162 g/mol. The SMILES string of the molecule is CC(=O)N[C@@H]1[C@@H]2CC3C[C@@H](C2)C[C@H]31. The van der Waals surface area contributed by atoms with Gasteiger partial charge in [-0.2, -0.15) is 0 Å². The van der Waals surface area contributed by atoms with Crippen molar-refractivity contribution in [3.63, 3.8) is 0 Å². The van der Waals surface area contributed by atoms with Gasteiger partial charge in [0.25, 0.3) is 0 Å². The van der Waals surface area contributed by atoms with Crippen molar-refractivity contribution in [1.29, 1.82) is 0 Å². The summed E-state index contributed by atoms with van der Waals surface area (Å²) in [5, 5.41) is 3.16. The summed E-state index contributed by atoms with van der Waals surface area (Å²) in [5.74, 6) is 3.81. The largest absolute Gasteiger partial charge is 0.353 e. The van der Waals surface area contributed by atoms with Gasteiger partial charge in [0, 0.05) is 13.0 Å². The Balaban J connectivity index is 1.80. The van der Waals surface area contributed by atoms with Gasteiger partial charge in [-0.25, -0.2) is 0 Å². The first-order chi connectivity index (χ1) is 6.24. The fourth-order valence-electron chi connectivity index (χ4n) is 4.20. The third-order valence-corrected chi connectivity index (χ3v) is 4.43. The second-order valence-corrected chi connectivity index (χ2v) is 5.22. The van der Waals surface area contributed by atoms with E-state index in [1.165, 1.54) is 25.7 Å². The maximum atomic E-state index is 11.0. The van der Waals surface area contributed by atoms with Gasteiger partial charge in [-0.05, 0) is 49.4 Å². The molecule has 4 fully saturated rings. The van der Waals surface area contributed by atoms with Crippen LogP contribution in [0.15, 0.2) is 0 Å². The van der Waals surface area contributed by atoms with E-state index in [4.69, 9.17) is 0 Å². The standard InChI is InChI=1S/C11H17NO/c1-6(13)12-11-9-3-7-2-8(5-9)10(11)4-7/h7-11H,2-5H2,1H3,(H,12,13)/t7-,8?,9-,10+,11+/m0/s1. The van der Waals surface area contributed by atoms with E-state index in [1.54, 1.807) is 6.92 Å². The molecule has 2 heteroatoms. The highest BCUT2D eigenvalue weighted by atomic mass is 16.1. The predicted molar refractivity (Wildman–Crippen MR) is 50.0 cm³/mol. The van der Waals surface area contributed by atoms with Gasteiger partial charge in [-0.1, -0.05) is 0 Å². The summed E-state index contributed by atoms with van der Waals surface area (Å²) in [6.45, 7) is 1.65. The van der Waals surface area contributed by atoms with Gasteiger partial charge in [0.2, 0.25) is 5.91 Å². The molecule has 4 bridgehead atoms. The molecule has 4 rings (SSSR count). The molecule has 1 amide bonds. The fourth-order valence-corrected chi connectivity index (χ4v) is 4.20. The Morgan fingerprint density at radius 1 is 1.15 bits per heavy atom. The van der Waals surface area contributed by atoms with Crippen molar-refractivity contribution < 1.29 is 4.79 Å². The maximum absolute atomic E-state index is 11.0. The molecule has 4 saturated carbocycles. The number of carbonyl (C=O) groups excluding carboxylic acids is 1. The van der Waals surface area contributed by atoms with Gasteiger partial charge < -0.3 is 5.32 Å². The Morgan fingerprint density at radius 3 is 2.62 bits per heavy atom. The predicted octanol–water partition coefficient (Wildman–Crippen LogP) is 1.56. The van der Waals surface area contributed by atoms with Crippen LogP contribution in [0.1, 0.15) is 32.6 Å². The Kier molecular flexibility index (Phi) is 1.50. The number of rotatable bonds is 1. The van der Waals surface area contributed by atoms with Crippen molar-refractivity contribution in [2.24, 2.45) is 23.7 Å². The van der Waals surface area contributed by atoms with Crippen LogP contribution in [-0.4, -0.2) is 11.9 Å². The first kappa shape index (κ1) is 7.84. The first-order valence-electron chi connectivity index (χ1n) is 5.51. The van der Waals surface area contributed by atoms with Crippen molar-refractivity contribution in [1.82, 2.24) is 5.32 Å². The molecular formula is C11H17NO. The lowest BCUT2D eigenvalue weighted by atomic mass is 9.79. The molecule has 0 heterocycles. The van der Waals surface area contributed by atoms with Crippen LogP contribution >= 0.6 is 0 Å². The number of carbonyl (C=O) groups is 1. The normalized spacial score (nSPS) is 51.3. The molecule has 0 aromatic rings. The highest BCUT2D eigenvalue weighted by molar-refractivity contribution is 5.73. The van der Waals surface area contributed by atoms with Gasteiger partial charge in [-0.3, -0.25) is 4.79 Å². The minimum absolute atomic E-state index is 0.168. The van der Waals surface area contributed by atoms with Crippen molar-refractivity contribution in [2.45, 2.75) is 38.6 Å². The average Bonchev–Trinajstić information content (AvgIpc) is 2.45. The molecule has 1 N–H and O–H groups in total. The van der Waals surface area contributed by atoms with E-state index < -0.39 is 0 Å². The van der Waals surface area contributed by atoms with Crippen LogP contribution in [0.3, 0.4) is 0 Å². The van der Waals surface area contributed by atoms with Gasteiger partial charge >= 0.3 is 0 Å². The minimum atomic E-state index is 0.168. The third-order valence-electron chi connectivity index (χ3n) is 4.43. The topological polar surface area (TPSA) is 29.1 Å². The molecule has 72 valence electrons. The molecule has 0 radical (unpaired) electrons. The summed E-state index contributed by atoms with van der Waals surface area (Å²) < 4.78 is 0. The lowest BCUT2D eigenvalue weighted by molar-refractivity contribution is -0.120. The zero-order valence-corrected chi connectivity index (χ0v) is 8.12. The zero-order valence-electron chi connectivity index (χ0n) is 8.12. The molecule has 5 atom stereocenters. The summed E-state index contributed by atoms with van der Waals surface area (Å²) in [7, 11) is 0. The molecule has 0 aromatic heterocycles. The number of nitrogens with one attached hydrogen (secondary N) is 1. The monoisotopic (exact) mass is 179 g/mol. The highest BCUT2D eigenvalue weighted by Gasteiger charge is 2.53. The van der Waals surface area contributed by atoms with E-state index >= 15 is 0 Å². The van der Waals surface area contributed by atoms with Gasteiger partial charge in [0.15, 0.2) is 0 Å². The molecule has 0 saturated heterocycles. The number of hydrogen-bond donors (Lipinski definition) is 1. The van der Waals surface area contributed by atoms with Crippen LogP contribution in [0.25, 0.3) is 0 Å². The minimum Gasteiger partial charge on any atom is -0.353 e. The molecule has 4 aliphatic carbocycles. The lowest BCUT2D eigenvalue weighted by Gasteiger charge is -2.32. The van der Waals surface area contributed by atoms with E-state index in [2.05, 4.69) is 5.32 Å². The van der Waals surface area contributed by atoms with E-state index in [0.29, 0.717) is 6.04 Å². The molecule has 4 aliphatic rings. The van der Waals surface area contributed by atoms with Crippen LogP contribution in [0.5, 0.6) is 0 Å². The molecule has 13 heavy (non-hydrogen) atoms. The number of amides is 1. The lowest BCUT2D eigenvalue weighted by Crippen LogP contribution is -2.43. The van der Waals surface area contributed by atoms with Crippen LogP contribution in [0, 0.1) is 23.7 Å². The molecule has 1 unspecified atom stereocenters. The smallest absolute Gasteiger partial charge is 0.217 e. The average molecular weight is 179 g/mol. The Morgan fingerprint density at radius 2 is 1.92 bits per heavy atom. The second-order valence-electron chi connectivity index (χ2n) is 5.22. The molecule has 0 aliphatic heterocycles. The van der Waals surface area contributed by atoms with Gasteiger partial charge in [-0.15, -0.1) is 0 Å². The van der Waals surface area contributed by atoms with E-state index in [1.807, 2.05) is 0 Å². The quantitative estimate of drug-likeness (QED) is 0.650. The molecule has 0 aromatic carbocycles. The summed E-state index contributed by atoms with van der Waals surface area (Å²) in [4.78, 5) is 11.0. The van der Waals surface area contributed by atoms with Gasteiger partial charge in [0.1, 0.15) is 0 Å². The maximum Gasteiger partial charge on any atom is 0.217 e. The van der Waals surface area contributed by atoms with Crippen LogP contribution in [-0.2, 0) is 4.79 Å². The summed E-state index contributed by atoms with van der Waals surface area (Å²) in [6.07, 6.45) is 5.63. The molecule has 2 nitrogen and oxygen atoms in total. The van der Waals surface area contributed by atoms with Crippen molar-refractivity contribution in [3.05, 3.63) is 0 Å². The van der Waals surface area contributed by atoms with Crippen LogP contribution in [0.4, 0.5) is 0 Å². The van der Waals surface area contributed by atoms with E-state index in [9.17, 15) is 4.79 Å².